The van der Waals surface area contributed by atoms with E-state index in [0.29, 0.717) is 36.5 Å². The Hall–Kier alpha value is -4.26. The molecule has 1 N–H and O–H groups in total. The summed E-state index contributed by atoms with van der Waals surface area (Å²) in [5.41, 5.74) is 9.48. The van der Waals surface area contributed by atoms with Gasteiger partial charge in [0.1, 0.15) is 23.4 Å². The van der Waals surface area contributed by atoms with Crippen molar-refractivity contribution in [3.05, 3.63) is 93.9 Å². The van der Waals surface area contributed by atoms with Crippen molar-refractivity contribution in [2.24, 2.45) is 0 Å². The molecule has 2 heterocycles. The first-order valence-corrected chi connectivity index (χ1v) is 13.2. The Bertz CT molecular complexity index is 1580. The molecule has 198 valence electrons. The Morgan fingerprint density at radius 2 is 1.85 bits per heavy atom. The van der Waals surface area contributed by atoms with Crippen LogP contribution in [-0.4, -0.2) is 27.9 Å². The Morgan fingerprint density at radius 1 is 1.05 bits per heavy atom. The lowest BCUT2D eigenvalue weighted by atomic mass is 9.88. The van der Waals surface area contributed by atoms with Crippen molar-refractivity contribution in [1.29, 1.82) is 0 Å². The van der Waals surface area contributed by atoms with Crippen molar-refractivity contribution in [2.45, 2.75) is 52.1 Å². The summed E-state index contributed by atoms with van der Waals surface area (Å²) in [6, 6.07) is 17.0. The molecule has 7 heteroatoms. The molecule has 1 aliphatic carbocycles. The van der Waals surface area contributed by atoms with E-state index in [-0.39, 0.29) is 18.2 Å². The number of rotatable bonds is 6. The quantitative estimate of drug-likeness (QED) is 0.296. The SMILES string of the molecule is Cc1ccc(-c2cc(C)c(-c3ccc(F)c4c3CC[C@H]4Oc3ccc4c(c3)OCC4CC(=O)O)c(C)c2)nn1. The zero-order valence-electron chi connectivity index (χ0n) is 22.1. The second kappa shape index (κ2) is 9.80. The van der Waals surface area contributed by atoms with E-state index in [4.69, 9.17) is 14.6 Å². The predicted octanol–water partition coefficient (Wildman–Crippen LogP) is 6.89. The molecule has 3 aromatic carbocycles. The monoisotopic (exact) mass is 524 g/mol. The van der Waals surface area contributed by atoms with Crippen LogP contribution in [0.15, 0.2) is 54.6 Å². The molecule has 0 saturated carbocycles. The number of halogens is 1. The highest BCUT2D eigenvalue weighted by atomic mass is 19.1. The number of fused-ring (bicyclic) bond motifs is 2. The van der Waals surface area contributed by atoms with Crippen molar-refractivity contribution in [3.63, 3.8) is 0 Å². The minimum absolute atomic E-state index is 0.0232. The van der Waals surface area contributed by atoms with Gasteiger partial charge in [0.15, 0.2) is 0 Å². The van der Waals surface area contributed by atoms with Crippen LogP contribution in [0.1, 0.15) is 58.4 Å². The molecule has 2 atom stereocenters. The van der Waals surface area contributed by atoms with Crippen molar-refractivity contribution in [1.82, 2.24) is 10.2 Å². The van der Waals surface area contributed by atoms with Gasteiger partial charge in [-0.25, -0.2) is 4.39 Å². The fourth-order valence-electron chi connectivity index (χ4n) is 5.99. The van der Waals surface area contributed by atoms with E-state index in [2.05, 4.69) is 36.2 Å². The van der Waals surface area contributed by atoms with Crippen LogP contribution in [0.4, 0.5) is 4.39 Å². The van der Waals surface area contributed by atoms with E-state index in [1.165, 1.54) is 6.07 Å². The number of nitrogens with zero attached hydrogens (tertiary/aromatic N) is 2. The van der Waals surface area contributed by atoms with Gasteiger partial charge in [0.2, 0.25) is 0 Å². The smallest absolute Gasteiger partial charge is 0.304 e. The first-order valence-electron chi connectivity index (χ1n) is 13.2. The van der Waals surface area contributed by atoms with E-state index < -0.39 is 12.1 Å². The maximum Gasteiger partial charge on any atom is 0.304 e. The number of benzene rings is 3. The number of aromatic nitrogens is 2. The summed E-state index contributed by atoms with van der Waals surface area (Å²) in [7, 11) is 0. The van der Waals surface area contributed by atoms with Gasteiger partial charge in [-0.1, -0.05) is 12.1 Å². The topological polar surface area (TPSA) is 81.5 Å². The number of carboxylic acid groups (broad SMARTS) is 1. The zero-order valence-corrected chi connectivity index (χ0v) is 22.1. The van der Waals surface area contributed by atoms with Crippen LogP contribution in [0.25, 0.3) is 22.4 Å². The molecule has 0 amide bonds. The van der Waals surface area contributed by atoms with Crippen LogP contribution < -0.4 is 9.47 Å². The van der Waals surface area contributed by atoms with Gasteiger partial charge in [-0.3, -0.25) is 4.79 Å². The predicted molar refractivity (Wildman–Crippen MR) is 146 cm³/mol. The normalized spacial score (nSPS) is 17.4. The summed E-state index contributed by atoms with van der Waals surface area (Å²) in [5, 5.41) is 17.7. The van der Waals surface area contributed by atoms with E-state index >= 15 is 4.39 Å². The van der Waals surface area contributed by atoms with Crippen LogP contribution in [0, 0.1) is 26.6 Å². The maximum atomic E-state index is 15.3. The van der Waals surface area contributed by atoms with Gasteiger partial charge < -0.3 is 14.6 Å². The van der Waals surface area contributed by atoms with Crippen molar-refractivity contribution >= 4 is 5.97 Å². The first kappa shape index (κ1) is 25.0. The molecule has 6 rings (SSSR count). The molecule has 0 spiro atoms. The molecule has 6 nitrogen and oxygen atoms in total. The van der Waals surface area contributed by atoms with E-state index in [0.717, 1.165) is 50.3 Å². The third-order valence-corrected chi connectivity index (χ3v) is 7.74. The van der Waals surface area contributed by atoms with E-state index in [1.807, 2.05) is 37.3 Å². The largest absolute Gasteiger partial charge is 0.492 e. The van der Waals surface area contributed by atoms with Gasteiger partial charge in [0.05, 0.1) is 24.4 Å². The van der Waals surface area contributed by atoms with Crippen LogP contribution in [0.2, 0.25) is 0 Å². The van der Waals surface area contributed by atoms with Crippen molar-refractivity contribution in [3.8, 4) is 33.9 Å². The van der Waals surface area contributed by atoms with Gasteiger partial charge in [-0.2, -0.15) is 10.2 Å². The maximum absolute atomic E-state index is 15.3. The number of aliphatic carboxylic acids is 1. The number of hydrogen-bond donors (Lipinski definition) is 1. The van der Waals surface area contributed by atoms with Gasteiger partial charge in [-0.05, 0) is 97.8 Å². The highest BCUT2D eigenvalue weighted by molar-refractivity contribution is 5.79. The molecular weight excluding hydrogens is 495 g/mol. The lowest BCUT2D eigenvalue weighted by molar-refractivity contribution is -0.137. The second-order valence-electron chi connectivity index (χ2n) is 10.5. The average Bonchev–Trinajstić information content (AvgIpc) is 3.50. The molecule has 0 fully saturated rings. The highest BCUT2D eigenvalue weighted by Gasteiger charge is 2.32. The van der Waals surface area contributed by atoms with Crippen LogP contribution in [0.5, 0.6) is 11.5 Å². The van der Waals surface area contributed by atoms with Crippen LogP contribution in [-0.2, 0) is 11.2 Å². The minimum atomic E-state index is -0.852. The Balaban J connectivity index is 1.31. The molecule has 0 bridgehead atoms. The average molecular weight is 525 g/mol. The molecule has 1 aliphatic heterocycles. The first-order chi connectivity index (χ1) is 18.8. The minimum Gasteiger partial charge on any atom is -0.492 e. The lowest BCUT2D eigenvalue weighted by Crippen LogP contribution is -2.07. The summed E-state index contributed by atoms with van der Waals surface area (Å²) in [6.07, 6.45) is 0.976. The summed E-state index contributed by atoms with van der Waals surface area (Å²) in [5.74, 6) is -0.0691. The standard InChI is InChI=1S/C32H29FN2O4/c1-17-12-20(27-10-4-19(3)34-35-27)13-18(2)31(17)24-7-9-26(33)32-25(24)8-11-28(32)39-22-5-6-23-21(14-30(36)37)16-38-29(23)15-22/h4-7,9-10,12-13,15,21,28H,8,11,14,16H2,1-3H3,(H,36,37)/t21?,28-/m1/s1. The fraction of sp³-hybridized carbons (Fsp3) is 0.281. The molecule has 0 radical (unpaired) electrons. The number of ether oxygens (including phenoxy) is 2. The van der Waals surface area contributed by atoms with Crippen molar-refractivity contribution < 1.29 is 23.8 Å². The van der Waals surface area contributed by atoms with Crippen molar-refractivity contribution in [2.75, 3.05) is 6.61 Å². The Kier molecular flexibility index (Phi) is 6.29. The zero-order chi connectivity index (χ0) is 27.3. The number of aryl methyl sites for hydroxylation is 3. The number of carbonyl (C=O) groups is 1. The summed E-state index contributed by atoms with van der Waals surface area (Å²) < 4.78 is 27.3. The van der Waals surface area contributed by atoms with Crippen LogP contribution >= 0.6 is 0 Å². The molecule has 39 heavy (non-hydrogen) atoms. The molecule has 0 saturated heterocycles. The molecular formula is C32H29FN2O4. The molecule has 2 aliphatic rings. The summed E-state index contributed by atoms with van der Waals surface area (Å²) in [4.78, 5) is 11.2. The van der Waals surface area contributed by atoms with E-state index in [1.54, 1.807) is 6.07 Å². The van der Waals surface area contributed by atoms with Gasteiger partial charge in [0, 0.05) is 28.7 Å². The van der Waals surface area contributed by atoms with Gasteiger partial charge in [-0.15, -0.1) is 0 Å². The fourth-order valence-corrected chi connectivity index (χ4v) is 5.99. The van der Waals surface area contributed by atoms with E-state index in [9.17, 15) is 4.79 Å². The Labute approximate surface area is 226 Å². The second-order valence-corrected chi connectivity index (χ2v) is 10.5. The van der Waals surface area contributed by atoms with Gasteiger partial charge in [0.25, 0.3) is 0 Å². The summed E-state index contributed by atoms with van der Waals surface area (Å²) >= 11 is 0. The third kappa shape index (κ3) is 4.62. The highest BCUT2D eigenvalue weighted by Crippen LogP contribution is 2.45. The lowest BCUT2D eigenvalue weighted by Gasteiger charge is -2.19. The Morgan fingerprint density at radius 3 is 2.56 bits per heavy atom. The third-order valence-electron chi connectivity index (χ3n) is 7.74. The number of hydrogen-bond acceptors (Lipinski definition) is 5. The molecule has 4 aromatic rings. The molecule has 1 aromatic heterocycles. The summed E-state index contributed by atoms with van der Waals surface area (Å²) in [6.45, 7) is 6.41. The van der Waals surface area contributed by atoms with Gasteiger partial charge >= 0.3 is 5.97 Å². The molecule has 1 unspecified atom stereocenters. The van der Waals surface area contributed by atoms with Crippen LogP contribution in [0.3, 0.4) is 0 Å². The number of carboxylic acids is 1.